The third kappa shape index (κ3) is 3.41. The second-order valence-corrected chi connectivity index (χ2v) is 6.21. The zero-order valence-electron chi connectivity index (χ0n) is 11.5. The van der Waals surface area contributed by atoms with Crippen molar-refractivity contribution in [1.29, 1.82) is 0 Å². The van der Waals surface area contributed by atoms with Gasteiger partial charge in [0, 0.05) is 12.1 Å². The lowest BCUT2D eigenvalue weighted by Crippen LogP contribution is -2.47. The molecule has 106 valence electrons. The minimum Gasteiger partial charge on any atom is -0.486 e. The van der Waals surface area contributed by atoms with Gasteiger partial charge in [0.1, 0.15) is 13.2 Å². The first-order valence-electron chi connectivity index (χ1n) is 6.41. The molecule has 0 saturated heterocycles. The van der Waals surface area contributed by atoms with E-state index in [1.54, 1.807) is 6.92 Å². The Kier molecular flexibility index (Phi) is 4.38. The molecule has 1 atom stereocenters. The minimum atomic E-state index is -0.423. The zero-order chi connectivity index (χ0) is 14.0. The van der Waals surface area contributed by atoms with Crippen LogP contribution in [0.25, 0.3) is 0 Å². The Bertz CT molecular complexity index is 460. The van der Waals surface area contributed by atoms with Crippen molar-refractivity contribution in [3.63, 3.8) is 0 Å². The van der Waals surface area contributed by atoms with Gasteiger partial charge in [-0.05, 0) is 54.4 Å². The zero-order valence-corrected chi connectivity index (χ0v) is 13.1. The summed E-state index contributed by atoms with van der Waals surface area (Å²) in [6, 6.07) is 3.99. The molecule has 1 aliphatic rings. The van der Waals surface area contributed by atoms with E-state index < -0.39 is 6.10 Å². The summed E-state index contributed by atoms with van der Waals surface area (Å²) in [6.45, 7) is 7.56. The standard InChI is InChI=1S/C14H20BrNO3/c1-9(17)14(2,3)16-8-10-6-11(15)13-12(7-10)18-4-5-19-13/h6-7,9,16-17H,4-5,8H2,1-3H3. The van der Waals surface area contributed by atoms with Crippen molar-refractivity contribution in [2.45, 2.75) is 39.0 Å². The normalized spacial score (nSPS) is 16.3. The molecule has 0 fully saturated rings. The fraction of sp³-hybridized carbons (Fsp3) is 0.571. The quantitative estimate of drug-likeness (QED) is 0.891. The molecular formula is C14H20BrNO3. The van der Waals surface area contributed by atoms with Crippen LogP contribution in [0.2, 0.25) is 0 Å². The van der Waals surface area contributed by atoms with Gasteiger partial charge in [-0.3, -0.25) is 0 Å². The summed E-state index contributed by atoms with van der Waals surface area (Å²) in [5.41, 5.74) is 0.754. The van der Waals surface area contributed by atoms with Crippen LogP contribution in [0.15, 0.2) is 16.6 Å². The van der Waals surface area contributed by atoms with Gasteiger partial charge in [0.2, 0.25) is 0 Å². The Hall–Kier alpha value is -0.780. The van der Waals surface area contributed by atoms with E-state index in [4.69, 9.17) is 9.47 Å². The predicted octanol–water partition coefficient (Wildman–Crippen LogP) is 2.47. The van der Waals surface area contributed by atoms with Crippen molar-refractivity contribution in [1.82, 2.24) is 5.32 Å². The summed E-state index contributed by atoms with van der Waals surface area (Å²) < 4.78 is 12.1. The van der Waals surface area contributed by atoms with Gasteiger partial charge < -0.3 is 19.9 Å². The van der Waals surface area contributed by atoms with Crippen LogP contribution in [0.3, 0.4) is 0 Å². The number of aliphatic hydroxyl groups is 1. The Labute approximate surface area is 122 Å². The van der Waals surface area contributed by atoms with Gasteiger partial charge >= 0.3 is 0 Å². The highest BCUT2D eigenvalue weighted by atomic mass is 79.9. The summed E-state index contributed by atoms with van der Waals surface area (Å²) in [7, 11) is 0. The Morgan fingerprint density at radius 1 is 1.37 bits per heavy atom. The molecule has 5 heteroatoms. The molecule has 0 spiro atoms. The van der Waals surface area contributed by atoms with E-state index in [0.29, 0.717) is 19.8 Å². The molecule has 2 rings (SSSR count). The van der Waals surface area contributed by atoms with Gasteiger partial charge in [0.15, 0.2) is 11.5 Å². The van der Waals surface area contributed by atoms with Crippen LogP contribution in [-0.4, -0.2) is 30.0 Å². The van der Waals surface area contributed by atoms with Crippen molar-refractivity contribution >= 4 is 15.9 Å². The van der Waals surface area contributed by atoms with E-state index >= 15 is 0 Å². The van der Waals surface area contributed by atoms with Crippen molar-refractivity contribution in [3.05, 3.63) is 22.2 Å². The highest BCUT2D eigenvalue weighted by molar-refractivity contribution is 9.10. The molecule has 0 bridgehead atoms. The fourth-order valence-electron chi connectivity index (χ4n) is 1.74. The maximum absolute atomic E-state index is 9.69. The second-order valence-electron chi connectivity index (χ2n) is 5.35. The summed E-state index contributed by atoms with van der Waals surface area (Å²) >= 11 is 3.50. The monoisotopic (exact) mass is 329 g/mol. The lowest BCUT2D eigenvalue weighted by Gasteiger charge is -2.30. The maximum Gasteiger partial charge on any atom is 0.175 e. The van der Waals surface area contributed by atoms with Crippen LogP contribution in [-0.2, 0) is 6.54 Å². The summed E-state index contributed by atoms with van der Waals surface area (Å²) in [6.07, 6.45) is -0.423. The molecular weight excluding hydrogens is 310 g/mol. The summed E-state index contributed by atoms with van der Waals surface area (Å²) in [5.74, 6) is 1.54. The molecule has 0 aliphatic carbocycles. The number of nitrogens with one attached hydrogen (secondary N) is 1. The second kappa shape index (κ2) is 5.69. The number of aliphatic hydroxyl groups excluding tert-OH is 1. The number of halogens is 1. The molecule has 1 heterocycles. The molecule has 4 nitrogen and oxygen atoms in total. The van der Waals surface area contributed by atoms with Gasteiger partial charge in [0.05, 0.1) is 10.6 Å². The smallest absolute Gasteiger partial charge is 0.175 e. The van der Waals surface area contributed by atoms with Crippen molar-refractivity contribution in [3.8, 4) is 11.5 Å². The minimum absolute atomic E-state index is 0.334. The van der Waals surface area contributed by atoms with Crippen LogP contribution in [0.1, 0.15) is 26.3 Å². The van der Waals surface area contributed by atoms with Gasteiger partial charge in [-0.2, -0.15) is 0 Å². The van der Waals surface area contributed by atoms with Crippen molar-refractivity contribution < 1.29 is 14.6 Å². The van der Waals surface area contributed by atoms with Gasteiger partial charge in [-0.15, -0.1) is 0 Å². The molecule has 2 N–H and O–H groups in total. The Morgan fingerprint density at radius 3 is 2.74 bits per heavy atom. The first-order valence-corrected chi connectivity index (χ1v) is 7.20. The maximum atomic E-state index is 9.69. The number of hydrogen-bond donors (Lipinski definition) is 2. The van der Waals surface area contributed by atoms with E-state index in [1.807, 2.05) is 26.0 Å². The molecule has 1 aromatic rings. The summed E-state index contributed by atoms with van der Waals surface area (Å²) in [5, 5.41) is 13.0. The first-order chi connectivity index (χ1) is 8.90. The molecule has 1 aliphatic heterocycles. The third-order valence-electron chi connectivity index (χ3n) is 3.45. The lowest BCUT2D eigenvalue weighted by atomic mass is 9.98. The van der Waals surface area contributed by atoms with Crippen LogP contribution in [0.5, 0.6) is 11.5 Å². The van der Waals surface area contributed by atoms with Gasteiger partial charge in [-0.1, -0.05) is 0 Å². The van der Waals surface area contributed by atoms with Gasteiger partial charge in [-0.25, -0.2) is 0 Å². The molecule has 0 saturated carbocycles. The molecule has 0 amide bonds. The van der Waals surface area contributed by atoms with E-state index in [0.717, 1.165) is 21.5 Å². The fourth-order valence-corrected chi connectivity index (χ4v) is 2.35. The molecule has 1 unspecified atom stereocenters. The van der Waals surface area contributed by atoms with E-state index in [1.165, 1.54) is 0 Å². The van der Waals surface area contributed by atoms with Crippen LogP contribution < -0.4 is 14.8 Å². The molecule has 0 radical (unpaired) electrons. The van der Waals surface area contributed by atoms with E-state index in [-0.39, 0.29) is 5.54 Å². The van der Waals surface area contributed by atoms with Crippen molar-refractivity contribution in [2.75, 3.05) is 13.2 Å². The SMILES string of the molecule is CC(O)C(C)(C)NCc1cc(Br)c2c(c1)OCCO2. The van der Waals surface area contributed by atoms with Gasteiger partial charge in [0.25, 0.3) is 0 Å². The Morgan fingerprint density at radius 2 is 2.05 bits per heavy atom. The number of benzene rings is 1. The van der Waals surface area contributed by atoms with E-state index in [2.05, 4.69) is 21.2 Å². The average molecular weight is 330 g/mol. The topological polar surface area (TPSA) is 50.7 Å². The van der Waals surface area contributed by atoms with E-state index in [9.17, 15) is 5.11 Å². The number of fused-ring (bicyclic) bond motifs is 1. The largest absolute Gasteiger partial charge is 0.486 e. The lowest BCUT2D eigenvalue weighted by molar-refractivity contribution is 0.0956. The van der Waals surface area contributed by atoms with Crippen LogP contribution in [0, 0.1) is 0 Å². The molecule has 19 heavy (non-hydrogen) atoms. The molecule has 1 aromatic carbocycles. The average Bonchev–Trinajstić information content (AvgIpc) is 2.36. The van der Waals surface area contributed by atoms with Crippen LogP contribution in [0.4, 0.5) is 0 Å². The highest BCUT2D eigenvalue weighted by Gasteiger charge is 2.23. The number of rotatable bonds is 4. The van der Waals surface area contributed by atoms with Crippen LogP contribution >= 0.6 is 15.9 Å². The Balaban J connectivity index is 2.12. The predicted molar refractivity (Wildman–Crippen MR) is 77.7 cm³/mol. The third-order valence-corrected chi connectivity index (χ3v) is 4.04. The van der Waals surface area contributed by atoms with Crippen molar-refractivity contribution in [2.24, 2.45) is 0 Å². The first kappa shape index (κ1) is 14.6. The summed E-state index contributed by atoms with van der Waals surface area (Å²) in [4.78, 5) is 0. The number of hydrogen-bond acceptors (Lipinski definition) is 4. The molecule has 0 aromatic heterocycles. The highest BCUT2D eigenvalue weighted by Crippen LogP contribution is 2.38. The number of ether oxygens (including phenoxy) is 2.